The molecule has 2 aliphatic heterocycles. The van der Waals surface area contributed by atoms with E-state index in [1.807, 2.05) is 0 Å². The van der Waals surface area contributed by atoms with Gasteiger partial charge in [-0.05, 0) is 25.3 Å². The van der Waals surface area contributed by atoms with Crippen molar-refractivity contribution in [3.63, 3.8) is 0 Å². The first-order valence-electron chi connectivity index (χ1n) is 7.87. The van der Waals surface area contributed by atoms with Crippen molar-refractivity contribution in [1.82, 2.24) is 4.90 Å². The highest BCUT2D eigenvalue weighted by molar-refractivity contribution is 5.75. The molecule has 0 bridgehead atoms. The number of fused-ring (bicyclic) bond motifs is 1. The molecule has 0 spiro atoms. The van der Waals surface area contributed by atoms with Crippen molar-refractivity contribution in [2.45, 2.75) is 25.3 Å². The van der Waals surface area contributed by atoms with E-state index in [2.05, 4.69) is 5.32 Å². The zero-order valence-corrected chi connectivity index (χ0v) is 13.1. The van der Waals surface area contributed by atoms with Gasteiger partial charge in [-0.1, -0.05) is 0 Å². The molecule has 0 radical (unpaired) electrons. The quantitative estimate of drug-likeness (QED) is 0.642. The first kappa shape index (κ1) is 16.2. The monoisotopic (exact) mass is 337 g/mol. The molecule has 1 saturated heterocycles. The molecule has 0 aliphatic carbocycles. The predicted molar refractivity (Wildman–Crippen MR) is 84.9 cm³/mol. The molecule has 0 unspecified atom stereocenters. The summed E-state index contributed by atoms with van der Waals surface area (Å²) in [6, 6.07) is 2.68. The number of hydrogen-bond donors (Lipinski definition) is 2. The molecule has 2 N–H and O–H groups in total. The molecular formula is C15H19N3O6. The van der Waals surface area contributed by atoms with Crippen LogP contribution in [0.25, 0.3) is 0 Å². The Labute approximate surface area is 138 Å². The zero-order valence-electron chi connectivity index (χ0n) is 13.1. The van der Waals surface area contributed by atoms with Crippen molar-refractivity contribution in [2.75, 3.05) is 31.6 Å². The normalized spacial score (nSPS) is 20.2. The van der Waals surface area contributed by atoms with E-state index in [1.54, 1.807) is 0 Å². The molecule has 2 aliphatic rings. The number of likely N-dealkylation sites (tertiary alicyclic amines) is 1. The van der Waals surface area contributed by atoms with E-state index in [4.69, 9.17) is 9.47 Å². The van der Waals surface area contributed by atoms with Gasteiger partial charge in [0.2, 0.25) is 0 Å². The number of carbonyl (C=O) groups is 1. The van der Waals surface area contributed by atoms with Gasteiger partial charge in [-0.3, -0.25) is 10.1 Å². The number of nitrogens with zero attached hydrogens (tertiary/aromatic N) is 2. The second-order valence-electron chi connectivity index (χ2n) is 5.81. The second-order valence-corrected chi connectivity index (χ2v) is 5.81. The number of anilines is 1. The molecule has 9 nitrogen and oxygen atoms in total. The molecule has 1 atom stereocenters. The minimum absolute atomic E-state index is 0.106. The summed E-state index contributed by atoms with van der Waals surface area (Å²) in [5.41, 5.74) is 0.153. The lowest BCUT2D eigenvalue weighted by atomic mass is 10.1. The highest BCUT2D eigenvalue weighted by Gasteiger charge is 2.29. The van der Waals surface area contributed by atoms with Gasteiger partial charge in [0.15, 0.2) is 17.2 Å². The van der Waals surface area contributed by atoms with Crippen molar-refractivity contribution < 1.29 is 24.3 Å². The Morgan fingerprint density at radius 3 is 2.88 bits per heavy atom. The fraction of sp³-hybridized carbons (Fsp3) is 0.533. The van der Waals surface area contributed by atoms with E-state index in [1.165, 1.54) is 17.0 Å². The summed E-state index contributed by atoms with van der Waals surface area (Å²) in [6.07, 6.45) is 1.37. The average Bonchev–Trinajstić information content (AvgIpc) is 2.80. The Balaban J connectivity index is 1.90. The average molecular weight is 337 g/mol. The number of nitrogens with one attached hydrogen (secondary N) is 1. The molecule has 1 aromatic rings. The molecule has 1 amide bonds. The minimum Gasteiger partial charge on any atom is -0.486 e. The maximum Gasteiger partial charge on any atom is 0.407 e. The summed E-state index contributed by atoms with van der Waals surface area (Å²) in [4.78, 5) is 23.5. The highest BCUT2D eigenvalue weighted by atomic mass is 16.6. The molecular weight excluding hydrogens is 318 g/mol. The maximum atomic E-state index is 11.4. The molecule has 2 heterocycles. The van der Waals surface area contributed by atoms with Crippen LogP contribution < -0.4 is 14.8 Å². The standard InChI is InChI=1S/C15H19N3O6/c19-15(20)17-6-2-1-3-10(9-17)16-13-11(18(21)22)4-5-12-14(13)24-8-7-23-12/h4-5,10,16H,1-3,6-9H2,(H,19,20)/t10-/m1/s1. The zero-order chi connectivity index (χ0) is 17.1. The SMILES string of the molecule is O=C(O)N1CCCC[C@@H](Nc2c([N+](=O)[O-])ccc3c2OCCO3)C1. The lowest BCUT2D eigenvalue weighted by Crippen LogP contribution is -2.38. The van der Waals surface area contributed by atoms with Gasteiger partial charge in [0.05, 0.1) is 4.92 Å². The van der Waals surface area contributed by atoms with Crippen LogP contribution in [-0.2, 0) is 0 Å². The van der Waals surface area contributed by atoms with Crippen LogP contribution in [0.1, 0.15) is 19.3 Å². The van der Waals surface area contributed by atoms with Gasteiger partial charge in [-0.15, -0.1) is 0 Å². The largest absolute Gasteiger partial charge is 0.486 e. The number of amides is 1. The number of rotatable bonds is 3. The van der Waals surface area contributed by atoms with Gasteiger partial charge in [0, 0.05) is 25.2 Å². The molecule has 0 saturated carbocycles. The van der Waals surface area contributed by atoms with Crippen LogP contribution in [0.5, 0.6) is 11.5 Å². The van der Waals surface area contributed by atoms with E-state index >= 15 is 0 Å². The second kappa shape index (κ2) is 6.81. The van der Waals surface area contributed by atoms with Gasteiger partial charge in [0.1, 0.15) is 13.2 Å². The molecule has 1 aromatic carbocycles. The number of ether oxygens (including phenoxy) is 2. The first-order chi connectivity index (χ1) is 11.6. The Morgan fingerprint density at radius 2 is 2.12 bits per heavy atom. The lowest BCUT2D eigenvalue weighted by molar-refractivity contribution is -0.384. The number of hydrogen-bond acceptors (Lipinski definition) is 6. The number of nitro groups is 1. The summed E-state index contributed by atoms with van der Waals surface area (Å²) < 4.78 is 11.1. The number of carboxylic acid groups (broad SMARTS) is 1. The van der Waals surface area contributed by atoms with Gasteiger partial charge >= 0.3 is 6.09 Å². The van der Waals surface area contributed by atoms with Crippen LogP contribution in [0.3, 0.4) is 0 Å². The van der Waals surface area contributed by atoms with Crippen molar-refractivity contribution >= 4 is 17.5 Å². The minimum atomic E-state index is -0.979. The van der Waals surface area contributed by atoms with Crippen molar-refractivity contribution in [2.24, 2.45) is 0 Å². The van der Waals surface area contributed by atoms with Gasteiger partial charge < -0.3 is 24.8 Å². The first-order valence-corrected chi connectivity index (χ1v) is 7.87. The van der Waals surface area contributed by atoms with E-state index in [0.29, 0.717) is 31.3 Å². The van der Waals surface area contributed by atoms with Crippen LogP contribution in [0, 0.1) is 10.1 Å². The van der Waals surface area contributed by atoms with E-state index in [-0.39, 0.29) is 24.0 Å². The third kappa shape index (κ3) is 3.29. The topological polar surface area (TPSA) is 114 Å². The Kier molecular flexibility index (Phi) is 4.59. The Hall–Kier alpha value is -2.71. The fourth-order valence-corrected chi connectivity index (χ4v) is 3.03. The number of nitro benzene ring substituents is 1. The smallest absolute Gasteiger partial charge is 0.407 e. The maximum absolute atomic E-state index is 11.4. The van der Waals surface area contributed by atoms with Crippen molar-refractivity contribution in [3.8, 4) is 11.5 Å². The summed E-state index contributed by atoms with van der Waals surface area (Å²) in [6.45, 7) is 1.45. The lowest BCUT2D eigenvalue weighted by Gasteiger charge is -2.26. The Bertz CT molecular complexity index is 650. The van der Waals surface area contributed by atoms with E-state index < -0.39 is 11.0 Å². The summed E-state index contributed by atoms with van der Waals surface area (Å²) in [5, 5.41) is 23.7. The number of benzene rings is 1. The van der Waals surface area contributed by atoms with Crippen LogP contribution in [-0.4, -0.2) is 53.4 Å². The van der Waals surface area contributed by atoms with E-state index in [0.717, 1.165) is 19.3 Å². The summed E-state index contributed by atoms with van der Waals surface area (Å²) in [5.74, 6) is 0.777. The fourth-order valence-electron chi connectivity index (χ4n) is 3.03. The molecule has 0 aromatic heterocycles. The van der Waals surface area contributed by atoms with Crippen LogP contribution in [0.2, 0.25) is 0 Å². The molecule has 24 heavy (non-hydrogen) atoms. The van der Waals surface area contributed by atoms with Crippen LogP contribution >= 0.6 is 0 Å². The molecule has 9 heteroatoms. The molecule has 1 fully saturated rings. The third-order valence-corrected chi connectivity index (χ3v) is 4.17. The summed E-state index contributed by atoms with van der Waals surface area (Å²) >= 11 is 0. The summed E-state index contributed by atoms with van der Waals surface area (Å²) in [7, 11) is 0. The highest BCUT2D eigenvalue weighted by Crippen LogP contribution is 2.44. The molecule has 3 rings (SSSR count). The van der Waals surface area contributed by atoms with Crippen molar-refractivity contribution in [1.29, 1.82) is 0 Å². The molecule has 130 valence electrons. The third-order valence-electron chi connectivity index (χ3n) is 4.17. The van der Waals surface area contributed by atoms with E-state index in [9.17, 15) is 20.0 Å². The van der Waals surface area contributed by atoms with Crippen molar-refractivity contribution in [3.05, 3.63) is 22.2 Å². The van der Waals surface area contributed by atoms with Gasteiger partial charge in [-0.25, -0.2) is 4.79 Å². The van der Waals surface area contributed by atoms with Crippen LogP contribution in [0.4, 0.5) is 16.2 Å². The van der Waals surface area contributed by atoms with Gasteiger partial charge in [-0.2, -0.15) is 0 Å². The predicted octanol–water partition coefficient (Wildman–Crippen LogP) is 2.31. The Morgan fingerprint density at radius 1 is 1.33 bits per heavy atom. The van der Waals surface area contributed by atoms with Gasteiger partial charge in [0.25, 0.3) is 5.69 Å². The van der Waals surface area contributed by atoms with Crippen LogP contribution in [0.15, 0.2) is 12.1 Å².